The van der Waals surface area contributed by atoms with E-state index in [1.807, 2.05) is 0 Å². The average molecular weight is 277 g/mol. The maximum absolute atomic E-state index is 11.3. The first-order valence-corrected chi connectivity index (χ1v) is 7.02. The fraction of sp³-hybridized carbons (Fsp3) is 0.571. The lowest BCUT2D eigenvalue weighted by Gasteiger charge is -2.22. The molecule has 2 aliphatic rings. The summed E-state index contributed by atoms with van der Waals surface area (Å²) in [6.07, 6.45) is 3.44. The van der Waals surface area contributed by atoms with Crippen molar-refractivity contribution < 1.29 is 9.66 Å². The molecule has 0 aromatic heterocycles. The third kappa shape index (κ3) is 2.20. The van der Waals surface area contributed by atoms with Gasteiger partial charge in [-0.2, -0.15) is 0 Å². The van der Waals surface area contributed by atoms with Crippen molar-refractivity contribution in [1.82, 2.24) is 4.90 Å². The van der Waals surface area contributed by atoms with E-state index in [9.17, 15) is 10.1 Å². The van der Waals surface area contributed by atoms with Crippen molar-refractivity contribution in [2.75, 3.05) is 25.5 Å². The molecule has 0 spiro atoms. The Morgan fingerprint density at radius 1 is 1.40 bits per heavy atom. The molecule has 2 saturated heterocycles. The molecule has 3 rings (SSSR count). The van der Waals surface area contributed by atoms with Crippen molar-refractivity contribution in [2.24, 2.45) is 0 Å². The average Bonchev–Trinajstić information content (AvgIpc) is 3.03. The molecule has 6 heteroatoms. The fourth-order valence-electron chi connectivity index (χ4n) is 3.44. The second-order valence-electron chi connectivity index (χ2n) is 5.40. The van der Waals surface area contributed by atoms with Crippen LogP contribution in [-0.4, -0.2) is 42.1 Å². The van der Waals surface area contributed by atoms with Crippen LogP contribution in [0.25, 0.3) is 0 Å². The Morgan fingerprint density at radius 3 is 3.00 bits per heavy atom. The topological polar surface area (TPSA) is 67.6 Å². The van der Waals surface area contributed by atoms with Crippen molar-refractivity contribution >= 4 is 11.4 Å². The Bertz CT molecular complexity index is 520. The van der Waals surface area contributed by atoms with Gasteiger partial charge in [-0.3, -0.25) is 15.0 Å². The molecule has 2 heterocycles. The number of nitrogens with one attached hydrogen (secondary N) is 1. The number of rotatable bonds is 4. The van der Waals surface area contributed by atoms with Crippen molar-refractivity contribution in [3.05, 3.63) is 28.3 Å². The Labute approximate surface area is 117 Å². The van der Waals surface area contributed by atoms with Crippen LogP contribution in [0.3, 0.4) is 0 Å². The maximum atomic E-state index is 11.3. The van der Waals surface area contributed by atoms with E-state index in [1.165, 1.54) is 20.0 Å². The number of fused-ring (bicyclic) bond motifs is 1. The molecule has 0 aliphatic carbocycles. The summed E-state index contributed by atoms with van der Waals surface area (Å²) in [5.74, 6) is 0.307. The Kier molecular flexibility index (Phi) is 3.48. The zero-order chi connectivity index (χ0) is 14.1. The minimum Gasteiger partial charge on any atom is -0.490 e. The molecule has 2 fully saturated rings. The van der Waals surface area contributed by atoms with Crippen LogP contribution < -0.4 is 10.1 Å². The lowest BCUT2D eigenvalue weighted by molar-refractivity contribution is -0.384. The standard InChI is InChI=1S/C14H19N3O3/c1-20-13-6-2-4-11(14(13)17(18)19)15-10-7-9-16-8-3-5-12(10)16/h2,4,6,10,12,15H,3,5,7-9H2,1H3. The highest BCUT2D eigenvalue weighted by Crippen LogP contribution is 2.37. The molecule has 0 amide bonds. The highest BCUT2D eigenvalue weighted by atomic mass is 16.6. The molecule has 1 N–H and O–H groups in total. The van der Waals surface area contributed by atoms with E-state index in [4.69, 9.17) is 4.74 Å². The highest BCUT2D eigenvalue weighted by molar-refractivity contribution is 5.68. The van der Waals surface area contributed by atoms with E-state index in [0.29, 0.717) is 23.5 Å². The van der Waals surface area contributed by atoms with Crippen LogP contribution in [0.2, 0.25) is 0 Å². The second-order valence-corrected chi connectivity index (χ2v) is 5.40. The van der Waals surface area contributed by atoms with E-state index in [2.05, 4.69) is 10.2 Å². The number of benzene rings is 1. The molecule has 108 valence electrons. The van der Waals surface area contributed by atoms with Crippen LogP contribution >= 0.6 is 0 Å². The van der Waals surface area contributed by atoms with Gasteiger partial charge in [0, 0.05) is 18.6 Å². The summed E-state index contributed by atoms with van der Waals surface area (Å²) in [5, 5.41) is 14.7. The van der Waals surface area contributed by atoms with Crippen LogP contribution in [0.15, 0.2) is 18.2 Å². The molecule has 1 aromatic carbocycles. The summed E-state index contributed by atoms with van der Waals surface area (Å²) in [4.78, 5) is 13.4. The third-order valence-corrected chi connectivity index (χ3v) is 4.35. The number of nitrogens with zero attached hydrogens (tertiary/aromatic N) is 2. The number of nitro groups is 1. The lowest BCUT2D eigenvalue weighted by atomic mass is 10.1. The zero-order valence-corrected chi connectivity index (χ0v) is 11.5. The molecule has 2 atom stereocenters. The van der Waals surface area contributed by atoms with Crippen LogP contribution in [-0.2, 0) is 0 Å². The van der Waals surface area contributed by atoms with Crippen molar-refractivity contribution in [3.63, 3.8) is 0 Å². The molecule has 0 radical (unpaired) electrons. The lowest BCUT2D eigenvalue weighted by Crippen LogP contribution is -2.33. The van der Waals surface area contributed by atoms with E-state index in [-0.39, 0.29) is 10.6 Å². The molecule has 2 aliphatic heterocycles. The Hall–Kier alpha value is -1.82. The summed E-state index contributed by atoms with van der Waals surface area (Å²) in [6.45, 7) is 2.24. The van der Waals surface area contributed by atoms with Crippen LogP contribution in [0.5, 0.6) is 5.75 Å². The molecular formula is C14H19N3O3. The van der Waals surface area contributed by atoms with Gasteiger partial charge in [0.15, 0.2) is 5.75 Å². The van der Waals surface area contributed by atoms with Gasteiger partial charge in [0.1, 0.15) is 5.69 Å². The Balaban J connectivity index is 1.85. The highest BCUT2D eigenvalue weighted by Gasteiger charge is 2.38. The number of methoxy groups -OCH3 is 1. The van der Waals surface area contributed by atoms with Crippen molar-refractivity contribution in [1.29, 1.82) is 0 Å². The third-order valence-electron chi connectivity index (χ3n) is 4.35. The van der Waals surface area contributed by atoms with Crippen molar-refractivity contribution in [3.8, 4) is 5.75 Å². The summed E-state index contributed by atoms with van der Waals surface area (Å²) >= 11 is 0. The van der Waals surface area contributed by atoms with Gasteiger partial charge < -0.3 is 10.1 Å². The molecule has 20 heavy (non-hydrogen) atoms. The second kappa shape index (κ2) is 5.28. The fourth-order valence-corrected chi connectivity index (χ4v) is 3.44. The molecular weight excluding hydrogens is 258 g/mol. The van der Waals surface area contributed by atoms with Crippen molar-refractivity contribution in [2.45, 2.75) is 31.3 Å². The quantitative estimate of drug-likeness (QED) is 0.675. The summed E-state index contributed by atoms with van der Waals surface area (Å²) < 4.78 is 5.11. The number of anilines is 1. The number of para-hydroxylation sites is 1. The molecule has 6 nitrogen and oxygen atoms in total. The summed E-state index contributed by atoms with van der Waals surface area (Å²) in [5.41, 5.74) is 0.597. The summed E-state index contributed by atoms with van der Waals surface area (Å²) in [6, 6.07) is 5.98. The van der Waals surface area contributed by atoms with E-state index in [1.54, 1.807) is 18.2 Å². The van der Waals surface area contributed by atoms with Gasteiger partial charge >= 0.3 is 5.69 Å². The minimum atomic E-state index is -0.372. The predicted molar refractivity (Wildman–Crippen MR) is 76.3 cm³/mol. The zero-order valence-electron chi connectivity index (χ0n) is 11.5. The minimum absolute atomic E-state index is 0.0337. The van der Waals surface area contributed by atoms with Gasteiger partial charge in [0.2, 0.25) is 0 Å². The summed E-state index contributed by atoms with van der Waals surface area (Å²) in [7, 11) is 1.46. The number of hydrogen-bond donors (Lipinski definition) is 1. The van der Waals surface area contributed by atoms with E-state index in [0.717, 1.165) is 19.5 Å². The number of hydrogen-bond acceptors (Lipinski definition) is 5. The smallest absolute Gasteiger partial charge is 0.333 e. The molecule has 0 bridgehead atoms. The normalized spacial score (nSPS) is 25.4. The number of nitro benzene ring substituents is 1. The van der Waals surface area contributed by atoms with Gasteiger partial charge in [-0.05, 0) is 37.9 Å². The first-order chi connectivity index (χ1) is 9.70. The number of ether oxygens (including phenoxy) is 1. The van der Waals surface area contributed by atoms with Gasteiger partial charge in [-0.25, -0.2) is 0 Å². The van der Waals surface area contributed by atoms with Gasteiger partial charge in [0.25, 0.3) is 0 Å². The van der Waals surface area contributed by atoms with Gasteiger partial charge in [-0.1, -0.05) is 6.07 Å². The SMILES string of the molecule is COc1cccc(NC2CCN3CCCC23)c1[N+](=O)[O-]. The van der Waals surface area contributed by atoms with E-state index >= 15 is 0 Å². The van der Waals surface area contributed by atoms with Crippen LogP contribution in [0, 0.1) is 10.1 Å². The largest absolute Gasteiger partial charge is 0.490 e. The predicted octanol–water partition coefficient (Wildman–Crippen LogP) is 2.25. The van der Waals surface area contributed by atoms with Gasteiger partial charge in [-0.15, -0.1) is 0 Å². The first-order valence-electron chi connectivity index (χ1n) is 7.02. The molecule has 0 saturated carbocycles. The maximum Gasteiger partial charge on any atom is 0.333 e. The monoisotopic (exact) mass is 277 g/mol. The van der Waals surface area contributed by atoms with Crippen LogP contribution in [0.4, 0.5) is 11.4 Å². The Morgan fingerprint density at radius 2 is 2.25 bits per heavy atom. The molecule has 1 aromatic rings. The molecule has 2 unspecified atom stereocenters. The van der Waals surface area contributed by atoms with Crippen LogP contribution in [0.1, 0.15) is 19.3 Å². The first kappa shape index (κ1) is 13.2. The van der Waals surface area contributed by atoms with Gasteiger partial charge in [0.05, 0.1) is 12.0 Å². The van der Waals surface area contributed by atoms with E-state index < -0.39 is 0 Å².